The van der Waals surface area contributed by atoms with Crippen molar-refractivity contribution in [2.45, 2.75) is 12.8 Å². The Morgan fingerprint density at radius 3 is 2.90 bits per heavy atom. The standard InChI is InChI=1S/C15H21FN4/c1-20(2)9-4-3-7-19-15-12(16)10-13(17)11-6-5-8-18-14(11)15/h5-6,8,10,19H,3-4,7,9,17H2,1-2H3. The number of aromatic nitrogens is 1. The summed E-state index contributed by atoms with van der Waals surface area (Å²) in [6.45, 7) is 1.76. The van der Waals surface area contributed by atoms with Gasteiger partial charge in [0.15, 0.2) is 5.82 Å². The summed E-state index contributed by atoms with van der Waals surface area (Å²) < 4.78 is 14.0. The van der Waals surface area contributed by atoms with E-state index in [1.165, 1.54) is 6.07 Å². The van der Waals surface area contributed by atoms with Crippen molar-refractivity contribution >= 4 is 22.3 Å². The monoisotopic (exact) mass is 276 g/mol. The largest absolute Gasteiger partial charge is 0.398 e. The van der Waals surface area contributed by atoms with Crippen molar-refractivity contribution in [2.24, 2.45) is 0 Å². The lowest BCUT2D eigenvalue weighted by Crippen LogP contribution is -2.14. The Balaban J connectivity index is 2.10. The third-order valence-electron chi connectivity index (χ3n) is 3.21. The first-order valence-electron chi connectivity index (χ1n) is 6.81. The molecule has 3 N–H and O–H groups in total. The van der Waals surface area contributed by atoms with Crippen molar-refractivity contribution in [2.75, 3.05) is 38.2 Å². The summed E-state index contributed by atoms with van der Waals surface area (Å²) in [5.74, 6) is -0.346. The SMILES string of the molecule is CN(C)CCCCNc1c(F)cc(N)c2cccnc12. The smallest absolute Gasteiger partial charge is 0.150 e. The van der Waals surface area contributed by atoms with Gasteiger partial charge in [0.25, 0.3) is 0 Å². The first-order valence-corrected chi connectivity index (χ1v) is 6.81. The molecule has 0 aliphatic heterocycles. The van der Waals surface area contributed by atoms with Crippen LogP contribution in [0.3, 0.4) is 0 Å². The Hall–Kier alpha value is -1.88. The number of nitrogens with zero attached hydrogens (tertiary/aromatic N) is 2. The molecule has 1 heterocycles. The predicted octanol–water partition coefficient (Wildman–Crippen LogP) is 2.71. The number of unbranched alkanes of at least 4 members (excludes halogenated alkanes) is 1. The zero-order chi connectivity index (χ0) is 14.5. The fraction of sp³-hybridized carbons (Fsp3) is 0.400. The Kier molecular flexibility index (Phi) is 4.74. The molecule has 20 heavy (non-hydrogen) atoms. The van der Waals surface area contributed by atoms with Crippen molar-refractivity contribution in [1.82, 2.24) is 9.88 Å². The predicted molar refractivity (Wildman–Crippen MR) is 82.4 cm³/mol. The number of nitrogen functional groups attached to an aromatic ring is 1. The molecule has 0 aliphatic rings. The Morgan fingerprint density at radius 2 is 2.15 bits per heavy atom. The van der Waals surface area contributed by atoms with E-state index in [2.05, 4.69) is 15.2 Å². The maximum Gasteiger partial charge on any atom is 0.150 e. The molecule has 0 atom stereocenters. The molecule has 5 heteroatoms. The molecule has 0 amide bonds. The van der Waals surface area contributed by atoms with Crippen molar-refractivity contribution in [3.8, 4) is 0 Å². The van der Waals surface area contributed by atoms with Crippen molar-refractivity contribution in [3.05, 3.63) is 30.2 Å². The second-order valence-corrected chi connectivity index (χ2v) is 5.16. The fourth-order valence-electron chi connectivity index (χ4n) is 2.17. The molecular weight excluding hydrogens is 255 g/mol. The number of halogens is 1. The van der Waals surface area contributed by atoms with Crippen LogP contribution in [0.25, 0.3) is 10.9 Å². The highest BCUT2D eigenvalue weighted by molar-refractivity contribution is 5.98. The quantitative estimate of drug-likeness (QED) is 0.629. The van der Waals surface area contributed by atoms with E-state index in [1.807, 2.05) is 20.2 Å². The van der Waals surface area contributed by atoms with Gasteiger partial charge in [-0.2, -0.15) is 0 Å². The number of nitrogens with two attached hydrogens (primary N) is 1. The van der Waals surface area contributed by atoms with Crippen molar-refractivity contribution in [3.63, 3.8) is 0 Å². The van der Waals surface area contributed by atoms with Crippen LogP contribution in [0.4, 0.5) is 15.8 Å². The van der Waals surface area contributed by atoms with E-state index < -0.39 is 0 Å². The highest BCUT2D eigenvalue weighted by atomic mass is 19.1. The fourth-order valence-corrected chi connectivity index (χ4v) is 2.17. The minimum Gasteiger partial charge on any atom is -0.398 e. The number of hydrogen-bond donors (Lipinski definition) is 2. The third-order valence-corrected chi connectivity index (χ3v) is 3.21. The van der Waals surface area contributed by atoms with Crippen LogP contribution in [-0.2, 0) is 0 Å². The van der Waals surface area contributed by atoms with Gasteiger partial charge in [-0.15, -0.1) is 0 Å². The molecule has 0 saturated heterocycles. The van der Waals surface area contributed by atoms with E-state index >= 15 is 0 Å². The second-order valence-electron chi connectivity index (χ2n) is 5.16. The molecule has 0 bridgehead atoms. The van der Waals surface area contributed by atoms with Gasteiger partial charge < -0.3 is 16.0 Å². The van der Waals surface area contributed by atoms with Gasteiger partial charge in [0.1, 0.15) is 0 Å². The zero-order valence-electron chi connectivity index (χ0n) is 12.0. The lowest BCUT2D eigenvalue weighted by Gasteiger charge is -2.13. The summed E-state index contributed by atoms with van der Waals surface area (Å²) in [7, 11) is 4.09. The summed E-state index contributed by atoms with van der Waals surface area (Å²) in [4.78, 5) is 6.38. The molecule has 0 spiro atoms. The van der Waals surface area contributed by atoms with Crippen molar-refractivity contribution < 1.29 is 4.39 Å². The van der Waals surface area contributed by atoms with Crippen LogP contribution in [0, 0.1) is 5.82 Å². The highest BCUT2D eigenvalue weighted by Crippen LogP contribution is 2.29. The molecule has 0 unspecified atom stereocenters. The molecule has 1 aromatic heterocycles. The van der Waals surface area contributed by atoms with E-state index in [9.17, 15) is 4.39 Å². The lowest BCUT2D eigenvalue weighted by molar-refractivity contribution is 0.396. The van der Waals surface area contributed by atoms with E-state index in [0.29, 0.717) is 16.9 Å². The minimum absolute atomic E-state index is 0.346. The topological polar surface area (TPSA) is 54.2 Å². The van der Waals surface area contributed by atoms with Gasteiger partial charge >= 0.3 is 0 Å². The number of anilines is 2. The maximum absolute atomic E-state index is 14.0. The van der Waals surface area contributed by atoms with Gasteiger partial charge in [-0.3, -0.25) is 4.98 Å². The number of nitrogens with one attached hydrogen (secondary N) is 1. The average molecular weight is 276 g/mol. The molecule has 2 rings (SSSR count). The summed E-state index contributed by atoms with van der Waals surface area (Å²) in [5, 5.41) is 3.93. The molecule has 0 radical (unpaired) electrons. The first kappa shape index (κ1) is 14.5. The first-order chi connectivity index (χ1) is 9.59. The summed E-state index contributed by atoms with van der Waals surface area (Å²) >= 11 is 0. The van der Waals surface area contributed by atoms with Gasteiger partial charge in [-0.05, 0) is 51.7 Å². The number of rotatable bonds is 6. The van der Waals surface area contributed by atoms with Gasteiger partial charge in [0.05, 0.1) is 11.2 Å². The molecule has 0 fully saturated rings. The molecule has 0 saturated carbocycles. The van der Waals surface area contributed by atoms with Gasteiger partial charge in [0, 0.05) is 23.8 Å². The normalized spacial score (nSPS) is 11.2. The highest BCUT2D eigenvalue weighted by Gasteiger charge is 2.11. The van der Waals surface area contributed by atoms with Gasteiger partial charge in [-0.25, -0.2) is 4.39 Å². The number of fused-ring (bicyclic) bond motifs is 1. The van der Waals surface area contributed by atoms with E-state index in [-0.39, 0.29) is 5.82 Å². The second kappa shape index (κ2) is 6.52. The minimum atomic E-state index is -0.346. The lowest BCUT2D eigenvalue weighted by atomic mass is 10.1. The summed E-state index contributed by atoms with van der Waals surface area (Å²) in [6, 6.07) is 5.01. The van der Waals surface area contributed by atoms with Gasteiger partial charge in [0.2, 0.25) is 0 Å². The van der Waals surface area contributed by atoms with Crippen LogP contribution >= 0.6 is 0 Å². The van der Waals surface area contributed by atoms with Crippen LogP contribution in [0.2, 0.25) is 0 Å². The van der Waals surface area contributed by atoms with E-state index in [1.54, 1.807) is 12.3 Å². The number of benzene rings is 1. The van der Waals surface area contributed by atoms with Crippen molar-refractivity contribution in [1.29, 1.82) is 0 Å². The Morgan fingerprint density at radius 1 is 1.35 bits per heavy atom. The van der Waals surface area contributed by atoms with Crippen LogP contribution in [0.5, 0.6) is 0 Å². The molecule has 0 aliphatic carbocycles. The molecule has 4 nitrogen and oxygen atoms in total. The van der Waals surface area contributed by atoms with Crippen LogP contribution in [-0.4, -0.2) is 37.1 Å². The number of hydrogen-bond acceptors (Lipinski definition) is 4. The van der Waals surface area contributed by atoms with E-state index in [4.69, 9.17) is 5.73 Å². The van der Waals surface area contributed by atoms with Crippen LogP contribution in [0.15, 0.2) is 24.4 Å². The Labute approximate surface area is 118 Å². The van der Waals surface area contributed by atoms with E-state index in [0.717, 1.165) is 31.3 Å². The molecule has 2 aromatic rings. The maximum atomic E-state index is 14.0. The van der Waals surface area contributed by atoms with Gasteiger partial charge in [-0.1, -0.05) is 0 Å². The number of pyridine rings is 1. The average Bonchev–Trinajstić information content (AvgIpc) is 2.41. The Bertz CT molecular complexity index is 583. The summed E-state index contributed by atoms with van der Waals surface area (Å²) in [6.07, 6.45) is 3.71. The van der Waals surface area contributed by atoms with Crippen LogP contribution < -0.4 is 11.1 Å². The molecule has 1 aromatic carbocycles. The van der Waals surface area contributed by atoms with Crippen LogP contribution in [0.1, 0.15) is 12.8 Å². The third kappa shape index (κ3) is 3.36. The molecular formula is C15H21FN4. The molecule has 108 valence electrons. The summed E-state index contributed by atoms with van der Waals surface area (Å²) in [5.41, 5.74) is 7.28. The zero-order valence-corrected chi connectivity index (χ0v) is 12.0.